The van der Waals surface area contributed by atoms with Gasteiger partial charge in [-0.15, -0.1) is 0 Å². The fourth-order valence-electron chi connectivity index (χ4n) is 2.38. The van der Waals surface area contributed by atoms with Crippen molar-refractivity contribution < 1.29 is 0 Å². The number of nitrogens with zero attached hydrogens (tertiary/aromatic N) is 2. The van der Waals surface area contributed by atoms with Crippen LogP contribution in [0.25, 0.3) is 11.4 Å². The van der Waals surface area contributed by atoms with Gasteiger partial charge in [-0.05, 0) is 39.8 Å². The van der Waals surface area contributed by atoms with Gasteiger partial charge in [0.15, 0.2) is 0 Å². The Morgan fingerprint density at radius 2 is 1.86 bits per heavy atom. The lowest BCUT2D eigenvalue weighted by atomic mass is 10.1. The molecule has 2 N–H and O–H groups in total. The number of imidazole rings is 1. The van der Waals surface area contributed by atoms with Crippen LogP contribution < -0.4 is 5.73 Å². The fourth-order valence-corrected chi connectivity index (χ4v) is 3.00. The summed E-state index contributed by atoms with van der Waals surface area (Å²) in [4.78, 5) is 4.52. The number of hydrogen-bond acceptors (Lipinski definition) is 2. The van der Waals surface area contributed by atoms with Crippen molar-refractivity contribution in [3.63, 3.8) is 0 Å². The van der Waals surface area contributed by atoms with Crippen LogP contribution in [0.3, 0.4) is 0 Å². The Kier molecular flexibility index (Phi) is 4.36. The smallest absolute Gasteiger partial charge is 0.141 e. The molecule has 1 heterocycles. The summed E-state index contributed by atoms with van der Waals surface area (Å²) in [6, 6.07) is 16.7. The Morgan fingerprint density at radius 1 is 1.05 bits per heavy atom. The molecule has 0 saturated carbocycles. The van der Waals surface area contributed by atoms with E-state index in [0.29, 0.717) is 6.54 Å². The molecule has 1 aromatic heterocycles. The maximum Gasteiger partial charge on any atom is 0.141 e. The number of hydrogen-bond donors (Lipinski definition) is 1. The maximum atomic E-state index is 5.71. The van der Waals surface area contributed by atoms with E-state index in [2.05, 4.69) is 68.5 Å². The van der Waals surface area contributed by atoms with Gasteiger partial charge in [-0.25, -0.2) is 4.98 Å². The molecular weight excluding hydrogens is 373 g/mol. The molecule has 21 heavy (non-hydrogen) atoms. The predicted octanol–water partition coefficient (Wildman–Crippen LogP) is 3.66. The zero-order valence-electron chi connectivity index (χ0n) is 11.5. The van der Waals surface area contributed by atoms with E-state index in [9.17, 15) is 0 Å². The lowest BCUT2D eigenvalue weighted by Gasteiger charge is -2.10. The van der Waals surface area contributed by atoms with Crippen molar-refractivity contribution in [2.24, 2.45) is 5.73 Å². The highest BCUT2D eigenvalue weighted by molar-refractivity contribution is 14.1. The minimum Gasteiger partial charge on any atom is -0.327 e. The van der Waals surface area contributed by atoms with Gasteiger partial charge in [0.2, 0.25) is 0 Å². The first-order valence-electron chi connectivity index (χ1n) is 6.82. The largest absolute Gasteiger partial charge is 0.327 e. The second-order valence-electron chi connectivity index (χ2n) is 4.88. The van der Waals surface area contributed by atoms with Gasteiger partial charge in [-0.2, -0.15) is 0 Å². The topological polar surface area (TPSA) is 43.8 Å². The molecule has 0 aliphatic heterocycles. The zero-order valence-corrected chi connectivity index (χ0v) is 13.7. The molecule has 0 bridgehead atoms. The highest BCUT2D eigenvalue weighted by atomic mass is 127. The molecule has 0 saturated heterocycles. The van der Waals surface area contributed by atoms with Crippen molar-refractivity contribution in [2.45, 2.75) is 13.1 Å². The normalized spacial score (nSPS) is 10.8. The molecule has 0 atom stereocenters. The van der Waals surface area contributed by atoms with E-state index in [-0.39, 0.29) is 0 Å². The number of nitrogens with two attached hydrogens (primary N) is 1. The highest BCUT2D eigenvalue weighted by Gasteiger charge is 2.09. The van der Waals surface area contributed by atoms with Crippen LogP contribution in [-0.4, -0.2) is 9.55 Å². The summed E-state index contributed by atoms with van der Waals surface area (Å²) >= 11 is 2.35. The monoisotopic (exact) mass is 389 g/mol. The average molecular weight is 389 g/mol. The molecule has 0 unspecified atom stereocenters. The molecule has 0 aliphatic rings. The lowest BCUT2D eigenvalue weighted by Crippen LogP contribution is -2.03. The van der Waals surface area contributed by atoms with Crippen LogP contribution in [0, 0.1) is 3.57 Å². The number of benzene rings is 2. The second-order valence-corrected chi connectivity index (χ2v) is 6.04. The van der Waals surface area contributed by atoms with Crippen molar-refractivity contribution in [3.8, 4) is 11.4 Å². The summed E-state index contributed by atoms with van der Waals surface area (Å²) in [5, 5.41) is 0. The van der Waals surface area contributed by atoms with E-state index in [1.165, 1.54) is 9.13 Å². The minimum atomic E-state index is 0.571. The van der Waals surface area contributed by atoms with Gasteiger partial charge in [0.25, 0.3) is 0 Å². The Morgan fingerprint density at radius 3 is 2.67 bits per heavy atom. The number of halogens is 1. The summed E-state index contributed by atoms with van der Waals surface area (Å²) in [7, 11) is 0. The van der Waals surface area contributed by atoms with Gasteiger partial charge in [-0.3, -0.25) is 0 Å². The summed E-state index contributed by atoms with van der Waals surface area (Å²) in [6.07, 6.45) is 3.87. The Labute approximate surface area is 138 Å². The van der Waals surface area contributed by atoms with Crippen LogP contribution in [0.4, 0.5) is 0 Å². The van der Waals surface area contributed by atoms with Crippen molar-refractivity contribution in [2.75, 3.05) is 0 Å². The first kappa shape index (κ1) is 14.3. The summed E-state index contributed by atoms with van der Waals surface area (Å²) in [5.41, 5.74) is 9.27. The lowest BCUT2D eigenvalue weighted by molar-refractivity contribution is 0.804. The van der Waals surface area contributed by atoms with Crippen LogP contribution in [-0.2, 0) is 13.1 Å². The first-order valence-corrected chi connectivity index (χ1v) is 7.89. The third-order valence-corrected chi connectivity index (χ3v) is 4.35. The van der Waals surface area contributed by atoms with Gasteiger partial charge < -0.3 is 10.3 Å². The van der Waals surface area contributed by atoms with Crippen LogP contribution in [0.2, 0.25) is 0 Å². The van der Waals surface area contributed by atoms with Crippen molar-refractivity contribution >= 4 is 22.6 Å². The van der Waals surface area contributed by atoms with Crippen LogP contribution in [0.15, 0.2) is 60.9 Å². The van der Waals surface area contributed by atoms with Crippen LogP contribution in [0.1, 0.15) is 11.1 Å². The summed E-state index contributed by atoms with van der Waals surface area (Å²) in [5.74, 6) is 0.998. The minimum absolute atomic E-state index is 0.571. The van der Waals surface area contributed by atoms with Crippen molar-refractivity contribution in [3.05, 3.63) is 75.6 Å². The average Bonchev–Trinajstić information content (AvgIpc) is 2.96. The van der Waals surface area contributed by atoms with E-state index in [1.54, 1.807) is 0 Å². The van der Waals surface area contributed by atoms with Gasteiger partial charge in [0.05, 0.1) is 0 Å². The molecule has 0 aliphatic carbocycles. The zero-order chi connectivity index (χ0) is 14.7. The molecule has 4 heteroatoms. The van der Waals surface area contributed by atoms with Gasteiger partial charge in [-0.1, -0.05) is 42.5 Å². The maximum absolute atomic E-state index is 5.71. The van der Waals surface area contributed by atoms with E-state index < -0.39 is 0 Å². The van der Waals surface area contributed by atoms with Gasteiger partial charge in [0, 0.05) is 34.6 Å². The second kappa shape index (κ2) is 6.41. The van der Waals surface area contributed by atoms with E-state index in [1.807, 2.05) is 24.5 Å². The molecule has 3 nitrogen and oxygen atoms in total. The quantitative estimate of drug-likeness (QED) is 0.693. The van der Waals surface area contributed by atoms with Crippen molar-refractivity contribution in [1.29, 1.82) is 0 Å². The predicted molar refractivity (Wildman–Crippen MR) is 93.8 cm³/mol. The molecule has 2 aromatic carbocycles. The van der Waals surface area contributed by atoms with E-state index in [0.717, 1.165) is 23.5 Å². The number of aromatic nitrogens is 2. The fraction of sp³-hybridized carbons (Fsp3) is 0.118. The number of rotatable bonds is 4. The van der Waals surface area contributed by atoms with Crippen LogP contribution in [0.5, 0.6) is 0 Å². The Hall–Kier alpha value is -1.66. The molecule has 3 aromatic rings. The van der Waals surface area contributed by atoms with Gasteiger partial charge in [0.1, 0.15) is 5.82 Å². The summed E-state index contributed by atoms with van der Waals surface area (Å²) in [6.45, 7) is 1.37. The molecule has 0 fully saturated rings. The summed E-state index contributed by atoms with van der Waals surface area (Å²) < 4.78 is 3.38. The van der Waals surface area contributed by atoms with Crippen molar-refractivity contribution in [1.82, 2.24) is 9.55 Å². The molecular formula is C17H16IN3. The molecule has 0 amide bonds. The molecule has 106 valence electrons. The van der Waals surface area contributed by atoms with E-state index in [4.69, 9.17) is 5.73 Å². The van der Waals surface area contributed by atoms with E-state index >= 15 is 0 Å². The Balaban J connectivity index is 1.94. The third-order valence-electron chi connectivity index (χ3n) is 3.41. The Bertz CT molecular complexity index is 749. The third kappa shape index (κ3) is 3.16. The molecule has 0 spiro atoms. The SMILES string of the molecule is NCc1cccc(Cn2ccnc2-c2ccccc2I)c1. The van der Waals surface area contributed by atoms with Crippen LogP contribution >= 0.6 is 22.6 Å². The first-order chi connectivity index (χ1) is 10.3. The molecule has 3 rings (SSSR count). The molecule has 0 radical (unpaired) electrons. The highest BCUT2D eigenvalue weighted by Crippen LogP contribution is 2.24. The van der Waals surface area contributed by atoms with Gasteiger partial charge >= 0.3 is 0 Å². The standard InChI is InChI=1S/C17H16IN3/c18-16-7-2-1-6-15(16)17-20-8-9-21(17)12-14-5-3-4-13(10-14)11-19/h1-10H,11-12,19H2.